The molecule has 4 N–H and O–H groups in total. The first kappa shape index (κ1) is 19.4. The number of rotatable bonds is 6. The van der Waals surface area contributed by atoms with Gasteiger partial charge < -0.3 is 16.2 Å². The number of carboxylic acid groups (broad SMARTS) is 1. The molecule has 0 radical (unpaired) electrons. The maximum Gasteiger partial charge on any atom is 0.337 e. The second-order valence-corrected chi connectivity index (χ2v) is 6.51. The van der Waals surface area contributed by atoms with Crippen molar-refractivity contribution in [2.45, 2.75) is 25.9 Å². The molecule has 8 nitrogen and oxygen atoms in total. The lowest BCUT2D eigenvalue weighted by Crippen LogP contribution is -2.18. The third kappa shape index (κ3) is 5.28. The number of amides is 1. The van der Waals surface area contributed by atoms with Crippen molar-refractivity contribution in [3.63, 3.8) is 0 Å². The Morgan fingerprint density at radius 1 is 1.23 bits per heavy atom. The summed E-state index contributed by atoms with van der Waals surface area (Å²) in [5.74, 6) is -0.869. The van der Waals surface area contributed by atoms with Gasteiger partial charge in [0.15, 0.2) is 5.16 Å². The fourth-order valence-corrected chi connectivity index (χ4v) is 2.88. The summed E-state index contributed by atoms with van der Waals surface area (Å²) >= 11 is 1.35. The second kappa shape index (κ2) is 8.43. The summed E-state index contributed by atoms with van der Waals surface area (Å²) in [6.45, 7) is 5.39. The zero-order valence-electron chi connectivity index (χ0n) is 14.6. The van der Waals surface area contributed by atoms with E-state index in [1.165, 1.54) is 30.1 Å². The quantitative estimate of drug-likeness (QED) is 0.399. The van der Waals surface area contributed by atoms with Crippen LogP contribution in [0.2, 0.25) is 0 Å². The minimum absolute atomic E-state index is 0.0413. The zero-order chi connectivity index (χ0) is 19.3. The van der Waals surface area contributed by atoms with E-state index >= 15 is 0 Å². The Kier molecular flexibility index (Phi) is 6.29. The molecule has 0 atom stereocenters. The molecule has 0 aliphatic rings. The summed E-state index contributed by atoms with van der Waals surface area (Å²) < 4.78 is 0. The molecule has 0 aliphatic heterocycles. The molecule has 0 fully saturated rings. The van der Waals surface area contributed by atoms with Gasteiger partial charge in [-0.15, -0.1) is 0 Å². The lowest BCUT2D eigenvalue weighted by Gasteiger charge is -2.09. The van der Waals surface area contributed by atoms with Crippen LogP contribution in [0.1, 0.15) is 28.7 Å². The van der Waals surface area contributed by atoms with E-state index in [0.29, 0.717) is 22.2 Å². The highest BCUT2D eigenvalue weighted by molar-refractivity contribution is 7.99. The summed E-state index contributed by atoms with van der Waals surface area (Å²) in [6.07, 6.45) is 1.17. The third-order valence-corrected chi connectivity index (χ3v) is 4.29. The molecule has 2 rings (SSSR count). The van der Waals surface area contributed by atoms with Crippen LogP contribution in [0.15, 0.2) is 40.8 Å². The normalized spacial score (nSPS) is 11.7. The maximum absolute atomic E-state index is 12.2. The van der Waals surface area contributed by atoms with Crippen molar-refractivity contribution in [2.24, 2.45) is 5.73 Å². The number of hydrogen-bond acceptors (Lipinski definition) is 7. The fraction of sp³-hybridized carbons (Fsp3) is 0.235. The predicted octanol–water partition coefficient (Wildman–Crippen LogP) is 2.15. The molecule has 0 saturated heterocycles. The van der Waals surface area contributed by atoms with E-state index in [9.17, 15) is 9.59 Å². The van der Waals surface area contributed by atoms with Crippen LogP contribution in [0.25, 0.3) is 0 Å². The fourth-order valence-electron chi connectivity index (χ4n) is 1.96. The van der Waals surface area contributed by atoms with Crippen molar-refractivity contribution in [3.8, 4) is 0 Å². The summed E-state index contributed by atoms with van der Waals surface area (Å²) in [7, 11) is 0. The highest BCUT2D eigenvalue weighted by atomic mass is 32.2. The molecule has 0 aromatic carbocycles. The lowest BCUT2D eigenvalue weighted by molar-refractivity contribution is -0.112. The van der Waals surface area contributed by atoms with Gasteiger partial charge in [0.1, 0.15) is 5.82 Å². The number of nitrogens with two attached hydrogens (primary N) is 1. The third-order valence-electron chi connectivity index (χ3n) is 3.39. The molecule has 0 spiro atoms. The molecule has 0 bridgehead atoms. The number of pyridine rings is 1. The number of hydrogen-bond donors (Lipinski definition) is 3. The van der Waals surface area contributed by atoms with Crippen LogP contribution in [0, 0.1) is 13.8 Å². The van der Waals surface area contributed by atoms with Crippen molar-refractivity contribution in [1.29, 1.82) is 0 Å². The van der Waals surface area contributed by atoms with E-state index < -0.39 is 11.9 Å². The van der Waals surface area contributed by atoms with Crippen molar-refractivity contribution >= 4 is 29.5 Å². The van der Waals surface area contributed by atoms with Gasteiger partial charge in [0.05, 0.1) is 5.56 Å². The van der Waals surface area contributed by atoms with Crippen molar-refractivity contribution in [3.05, 3.63) is 52.6 Å². The van der Waals surface area contributed by atoms with E-state index in [2.05, 4.69) is 20.3 Å². The number of thioether (sulfide) groups is 1. The zero-order valence-corrected chi connectivity index (χ0v) is 15.4. The topological polar surface area (TPSA) is 131 Å². The standard InChI is InChI=1S/C17H19N5O3S/c1-9-6-10(2)21-17(20-9)26-8-13(18)11(3)15(23)22-14-5-4-12(7-19-14)16(24)25/h4-7H,8,18H2,1-3H3,(H,24,25)(H,19,22,23)/b13-11-. The Hall–Kier alpha value is -2.94. The number of carbonyl (C=O) groups is 2. The number of aromatic nitrogens is 3. The Morgan fingerprint density at radius 2 is 1.88 bits per heavy atom. The number of carboxylic acids is 1. The lowest BCUT2D eigenvalue weighted by atomic mass is 10.2. The number of anilines is 1. The SMILES string of the molecule is C/C(C(=O)Nc1ccc(C(=O)O)cn1)=C(/N)CSc1nc(C)cc(C)n1. The molecule has 2 heterocycles. The van der Waals surface area contributed by atoms with Crippen LogP contribution in [-0.2, 0) is 4.79 Å². The minimum atomic E-state index is -1.08. The number of aryl methyl sites for hydroxylation is 2. The smallest absolute Gasteiger partial charge is 0.337 e. The summed E-state index contributed by atoms with van der Waals surface area (Å²) in [6, 6.07) is 4.66. The second-order valence-electron chi connectivity index (χ2n) is 5.56. The molecular formula is C17H19N5O3S. The van der Waals surface area contributed by atoms with Gasteiger partial charge in [0.25, 0.3) is 5.91 Å². The van der Waals surface area contributed by atoms with E-state index in [1.807, 2.05) is 19.9 Å². The van der Waals surface area contributed by atoms with Gasteiger partial charge in [-0.05, 0) is 39.0 Å². The van der Waals surface area contributed by atoms with Crippen molar-refractivity contribution in [2.75, 3.05) is 11.1 Å². The molecule has 1 amide bonds. The number of nitrogens with one attached hydrogen (secondary N) is 1. The molecular weight excluding hydrogens is 354 g/mol. The average Bonchev–Trinajstić information content (AvgIpc) is 2.58. The minimum Gasteiger partial charge on any atom is -0.478 e. The van der Waals surface area contributed by atoms with Gasteiger partial charge in [-0.25, -0.2) is 19.7 Å². The molecule has 0 saturated carbocycles. The summed E-state index contributed by atoms with van der Waals surface area (Å²) in [5, 5.41) is 12.0. The summed E-state index contributed by atoms with van der Waals surface area (Å²) in [4.78, 5) is 35.6. The van der Waals surface area contributed by atoms with Gasteiger partial charge in [0.2, 0.25) is 0 Å². The average molecular weight is 373 g/mol. The monoisotopic (exact) mass is 373 g/mol. The predicted molar refractivity (Wildman–Crippen MR) is 98.9 cm³/mol. The first-order chi connectivity index (χ1) is 12.3. The van der Waals surface area contributed by atoms with E-state index in [1.54, 1.807) is 6.92 Å². The van der Waals surface area contributed by atoms with Crippen LogP contribution in [-0.4, -0.2) is 37.7 Å². The van der Waals surface area contributed by atoms with Gasteiger partial charge >= 0.3 is 5.97 Å². The molecule has 2 aromatic heterocycles. The number of nitrogens with zero attached hydrogens (tertiary/aromatic N) is 3. The van der Waals surface area contributed by atoms with E-state index in [0.717, 1.165) is 11.4 Å². The molecule has 0 unspecified atom stereocenters. The van der Waals surface area contributed by atoms with Gasteiger partial charge in [-0.1, -0.05) is 11.8 Å². The van der Waals surface area contributed by atoms with Crippen LogP contribution < -0.4 is 11.1 Å². The molecule has 9 heteroatoms. The maximum atomic E-state index is 12.2. The van der Waals surface area contributed by atoms with Crippen LogP contribution in [0.5, 0.6) is 0 Å². The first-order valence-electron chi connectivity index (χ1n) is 7.67. The molecule has 2 aromatic rings. The summed E-state index contributed by atoms with van der Waals surface area (Å²) in [5.41, 5.74) is 8.54. The van der Waals surface area contributed by atoms with Gasteiger partial charge in [-0.2, -0.15) is 0 Å². The molecule has 136 valence electrons. The van der Waals surface area contributed by atoms with Crippen LogP contribution >= 0.6 is 11.8 Å². The van der Waals surface area contributed by atoms with E-state index in [-0.39, 0.29) is 11.4 Å². The highest BCUT2D eigenvalue weighted by Gasteiger charge is 2.12. The Bertz CT molecular complexity index is 845. The van der Waals surface area contributed by atoms with Crippen LogP contribution in [0.3, 0.4) is 0 Å². The highest BCUT2D eigenvalue weighted by Crippen LogP contribution is 2.17. The largest absolute Gasteiger partial charge is 0.478 e. The van der Waals surface area contributed by atoms with Crippen LogP contribution in [0.4, 0.5) is 5.82 Å². The number of aromatic carboxylic acids is 1. The number of carbonyl (C=O) groups excluding carboxylic acids is 1. The first-order valence-corrected chi connectivity index (χ1v) is 8.66. The molecule has 0 aliphatic carbocycles. The molecule has 26 heavy (non-hydrogen) atoms. The van der Waals surface area contributed by atoms with E-state index in [4.69, 9.17) is 10.8 Å². The Labute approximate surface area is 155 Å². The van der Waals surface area contributed by atoms with Crippen molar-refractivity contribution < 1.29 is 14.7 Å². The van der Waals surface area contributed by atoms with Gasteiger partial charge in [0, 0.05) is 34.6 Å². The van der Waals surface area contributed by atoms with Crippen molar-refractivity contribution in [1.82, 2.24) is 15.0 Å². The Morgan fingerprint density at radius 3 is 2.42 bits per heavy atom. The van der Waals surface area contributed by atoms with Gasteiger partial charge in [-0.3, -0.25) is 4.79 Å². The Balaban J connectivity index is 2.01.